The highest BCUT2D eigenvalue weighted by Crippen LogP contribution is 2.29. The molecule has 0 atom stereocenters. The van der Waals surface area contributed by atoms with E-state index in [0.29, 0.717) is 11.7 Å². The summed E-state index contributed by atoms with van der Waals surface area (Å²) in [7, 11) is 0. The molecule has 3 rings (SSSR count). The normalized spacial score (nSPS) is 12.8. The first-order valence-electron chi connectivity index (χ1n) is 6.64. The van der Waals surface area contributed by atoms with Gasteiger partial charge in [0.15, 0.2) is 0 Å². The Kier molecular flexibility index (Phi) is 4.58. The van der Waals surface area contributed by atoms with Gasteiger partial charge in [0.05, 0.1) is 13.2 Å². The highest BCUT2D eigenvalue weighted by molar-refractivity contribution is 5.68. The van der Waals surface area contributed by atoms with Crippen molar-refractivity contribution in [3.63, 3.8) is 0 Å². The number of rotatable bonds is 2. The molecule has 0 radical (unpaired) electrons. The molecule has 1 heterocycles. The molecule has 1 aliphatic heterocycles. The second-order valence-electron chi connectivity index (χ2n) is 4.90. The largest absolute Gasteiger partial charge is 0.508 e. The quantitative estimate of drug-likeness (QED) is 0.817. The van der Waals surface area contributed by atoms with Gasteiger partial charge in [-0.25, -0.2) is 0 Å². The van der Waals surface area contributed by atoms with Gasteiger partial charge in [-0.3, -0.25) is 0 Å². The van der Waals surface area contributed by atoms with E-state index in [2.05, 4.69) is 36.8 Å². The molecule has 2 aromatic rings. The van der Waals surface area contributed by atoms with Crippen molar-refractivity contribution < 1.29 is 9.84 Å². The fraction of sp³-hybridized carbons (Fsp3) is 0.294. The van der Waals surface area contributed by atoms with E-state index in [1.165, 1.54) is 11.1 Å². The molecule has 0 spiro atoms. The van der Waals surface area contributed by atoms with Gasteiger partial charge in [0, 0.05) is 0 Å². The Hall–Kier alpha value is -1.80. The number of phenolic OH excluding ortho intramolecular Hbond substituents is 1. The summed E-state index contributed by atoms with van der Waals surface area (Å²) >= 11 is 0. The van der Waals surface area contributed by atoms with Crippen LogP contribution in [0.2, 0.25) is 0 Å². The van der Waals surface area contributed by atoms with Crippen LogP contribution < -0.4 is 0 Å². The standard InChI is InChI=1S/C15H16O.C2H4O/c1-11(2)14-5-3-4-6-15(14)12-7-9-13(16)10-8-12;1-2-3-1/h3-11,16H,1-2H3;1-2H2. The average Bonchev–Trinajstić information content (AvgIpc) is 3.28. The smallest absolute Gasteiger partial charge is 0.115 e. The molecule has 1 fully saturated rings. The molecule has 0 unspecified atom stereocenters. The first-order chi connectivity index (χ1) is 9.18. The summed E-state index contributed by atoms with van der Waals surface area (Å²) in [5.41, 5.74) is 3.74. The first-order valence-corrected chi connectivity index (χ1v) is 6.64. The monoisotopic (exact) mass is 256 g/mol. The third-order valence-electron chi connectivity index (χ3n) is 2.97. The summed E-state index contributed by atoms with van der Waals surface area (Å²) in [6.45, 7) is 6.39. The van der Waals surface area contributed by atoms with Gasteiger partial charge in [-0.15, -0.1) is 0 Å². The minimum Gasteiger partial charge on any atom is -0.508 e. The van der Waals surface area contributed by atoms with Crippen LogP contribution in [-0.2, 0) is 4.74 Å². The van der Waals surface area contributed by atoms with Crippen LogP contribution in [0, 0.1) is 0 Å². The SMILES string of the molecule is C1CO1.CC(C)c1ccccc1-c1ccc(O)cc1. The van der Waals surface area contributed by atoms with E-state index in [1.807, 2.05) is 18.2 Å². The molecule has 0 saturated carbocycles. The third-order valence-corrected chi connectivity index (χ3v) is 2.97. The van der Waals surface area contributed by atoms with Crippen molar-refractivity contribution in [2.75, 3.05) is 13.2 Å². The predicted molar refractivity (Wildman–Crippen MR) is 78.5 cm³/mol. The topological polar surface area (TPSA) is 32.8 Å². The molecule has 1 aliphatic rings. The second-order valence-corrected chi connectivity index (χ2v) is 4.90. The Morgan fingerprint density at radius 1 is 0.947 bits per heavy atom. The minimum atomic E-state index is 0.311. The van der Waals surface area contributed by atoms with Gasteiger partial charge in [-0.05, 0) is 34.7 Å². The van der Waals surface area contributed by atoms with Crippen LogP contribution in [-0.4, -0.2) is 18.3 Å². The van der Waals surface area contributed by atoms with Crippen molar-refractivity contribution in [1.29, 1.82) is 0 Å². The molecule has 100 valence electrons. The first kappa shape index (κ1) is 13.6. The van der Waals surface area contributed by atoms with E-state index in [4.69, 9.17) is 0 Å². The lowest BCUT2D eigenvalue weighted by Crippen LogP contribution is -1.91. The van der Waals surface area contributed by atoms with Gasteiger partial charge in [0.2, 0.25) is 0 Å². The number of aromatic hydroxyl groups is 1. The van der Waals surface area contributed by atoms with E-state index < -0.39 is 0 Å². The molecule has 0 aliphatic carbocycles. The lowest BCUT2D eigenvalue weighted by atomic mass is 9.93. The Labute approximate surface area is 114 Å². The van der Waals surface area contributed by atoms with Gasteiger partial charge >= 0.3 is 0 Å². The lowest BCUT2D eigenvalue weighted by molar-refractivity contribution is 0.475. The summed E-state index contributed by atoms with van der Waals surface area (Å²) in [6.07, 6.45) is 0. The van der Waals surface area contributed by atoms with E-state index in [0.717, 1.165) is 18.8 Å². The Balaban J connectivity index is 0.000000390. The van der Waals surface area contributed by atoms with E-state index in [1.54, 1.807) is 12.1 Å². The van der Waals surface area contributed by atoms with Gasteiger partial charge in [0.25, 0.3) is 0 Å². The Morgan fingerprint density at radius 2 is 1.53 bits per heavy atom. The van der Waals surface area contributed by atoms with Gasteiger partial charge in [-0.2, -0.15) is 0 Å². The number of ether oxygens (including phenoxy) is 1. The molecule has 0 amide bonds. The fourth-order valence-electron chi connectivity index (χ4n) is 1.90. The summed E-state index contributed by atoms with van der Waals surface area (Å²) < 4.78 is 4.50. The van der Waals surface area contributed by atoms with Crippen LogP contribution in [0.15, 0.2) is 48.5 Å². The fourth-order valence-corrected chi connectivity index (χ4v) is 1.90. The van der Waals surface area contributed by atoms with Crippen molar-refractivity contribution in [2.45, 2.75) is 19.8 Å². The highest BCUT2D eigenvalue weighted by atomic mass is 16.6. The second kappa shape index (κ2) is 6.39. The lowest BCUT2D eigenvalue weighted by Gasteiger charge is -2.12. The maximum absolute atomic E-state index is 9.28. The van der Waals surface area contributed by atoms with Crippen molar-refractivity contribution in [3.8, 4) is 16.9 Å². The Morgan fingerprint density at radius 3 is 2.05 bits per heavy atom. The molecular weight excluding hydrogens is 236 g/mol. The summed E-state index contributed by atoms with van der Waals surface area (Å²) in [5, 5.41) is 9.28. The molecule has 2 aromatic carbocycles. The third kappa shape index (κ3) is 4.11. The maximum atomic E-state index is 9.28. The maximum Gasteiger partial charge on any atom is 0.115 e. The predicted octanol–water partition coefficient (Wildman–Crippen LogP) is 4.20. The molecule has 2 heteroatoms. The van der Waals surface area contributed by atoms with Crippen molar-refractivity contribution in [1.82, 2.24) is 0 Å². The van der Waals surface area contributed by atoms with Crippen LogP contribution in [0.5, 0.6) is 5.75 Å². The number of benzene rings is 2. The van der Waals surface area contributed by atoms with Crippen molar-refractivity contribution in [3.05, 3.63) is 54.1 Å². The van der Waals surface area contributed by atoms with Crippen molar-refractivity contribution in [2.24, 2.45) is 0 Å². The molecule has 19 heavy (non-hydrogen) atoms. The summed E-state index contributed by atoms with van der Waals surface area (Å²) in [4.78, 5) is 0. The van der Waals surface area contributed by atoms with E-state index >= 15 is 0 Å². The summed E-state index contributed by atoms with van der Waals surface area (Å²) in [5.74, 6) is 0.816. The van der Waals surface area contributed by atoms with E-state index in [9.17, 15) is 5.11 Å². The van der Waals surface area contributed by atoms with Crippen LogP contribution in [0.1, 0.15) is 25.3 Å². The van der Waals surface area contributed by atoms with Crippen LogP contribution in [0.3, 0.4) is 0 Å². The van der Waals surface area contributed by atoms with Gasteiger partial charge < -0.3 is 9.84 Å². The van der Waals surface area contributed by atoms with Crippen LogP contribution in [0.25, 0.3) is 11.1 Å². The highest BCUT2D eigenvalue weighted by Gasteiger charge is 2.07. The molecule has 1 N–H and O–H groups in total. The average molecular weight is 256 g/mol. The van der Waals surface area contributed by atoms with Crippen LogP contribution >= 0.6 is 0 Å². The number of hydrogen-bond acceptors (Lipinski definition) is 2. The van der Waals surface area contributed by atoms with E-state index in [-0.39, 0.29) is 0 Å². The number of epoxide rings is 1. The number of hydrogen-bond donors (Lipinski definition) is 1. The molecule has 0 aromatic heterocycles. The molecule has 0 bridgehead atoms. The zero-order chi connectivity index (χ0) is 13.7. The van der Waals surface area contributed by atoms with Gasteiger partial charge in [-0.1, -0.05) is 50.2 Å². The Bertz CT molecular complexity index is 510. The summed E-state index contributed by atoms with van der Waals surface area (Å²) in [6, 6.07) is 15.8. The zero-order valence-electron chi connectivity index (χ0n) is 11.5. The molecule has 1 saturated heterocycles. The number of phenols is 1. The molecular formula is C17H20O2. The molecule has 2 nitrogen and oxygen atoms in total. The minimum absolute atomic E-state index is 0.311. The van der Waals surface area contributed by atoms with Crippen molar-refractivity contribution >= 4 is 0 Å². The van der Waals surface area contributed by atoms with Gasteiger partial charge in [0.1, 0.15) is 5.75 Å². The van der Waals surface area contributed by atoms with Crippen LogP contribution in [0.4, 0.5) is 0 Å². The zero-order valence-corrected chi connectivity index (χ0v) is 11.5.